The lowest BCUT2D eigenvalue weighted by atomic mass is 9.93. The van der Waals surface area contributed by atoms with Crippen molar-refractivity contribution in [2.24, 2.45) is 0 Å². The maximum absolute atomic E-state index is 9.85. The van der Waals surface area contributed by atoms with Gasteiger partial charge in [0.05, 0.1) is 18.3 Å². The Morgan fingerprint density at radius 3 is 2.61 bits per heavy atom. The molecule has 1 aliphatic carbocycles. The number of thiazole rings is 1. The Kier molecular flexibility index (Phi) is 6.73. The molecule has 1 aliphatic heterocycles. The molecule has 5 rings (SSSR count). The van der Waals surface area contributed by atoms with E-state index in [1.54, 1.807) is 6.20 Å². The summed E-state index contributed by atoms with van der Waals surface area (Å²) in [4.78, 5) is 17.3. The van der Waals surface area contributed by atoms with E-state index in [4.69, 9.17) is 9.72 Å². The van der Waals surface area contributed by atoms with Crippen molar-refractivity contribution in [3.63, 3.8) is 0 Å². The molecular formula is C24H32N6O2S. The Morgan fingerprint density at radius 2 is 1.85 bits per heavy atom. The summed E-state index contributed by atoms with van der Waals surface area (Å²) in [5.74, 6) is 1.64. The first-order chi connectivity index (χ1) is 16.0. The highest BCUT2D eigenvalue weighted by Gasteiger charge is 2.23. The quantitative estimate of drug-likeness (QED) is 0.497. The number of pyridine rings is 2. The van der Waals surface area contributed by atoms with Gasteiger partial charge in [0.2, 0.25) is 0 Å². The molecule has 176 valence electrons. The predicted molar refractivity (Wildman–Crippen MR) is 132 cm³/mol. The van der Waals surface area contributed by atoms with Crippen LogP contribution in [0.25, 0.3) is 10.3 Å². The second kappa shape index (κ2) is 9.89. The number of aromatic nitrogens is 3. The second-order valence-electron chi connectivity index (χ2n) is 9.32. The first kappa shape index (κ1) is 22.5. The average molecular weight is 469 g/mol. The van der Waals surface area contributed by atoms with Crippen LogP contribution in [-0.4, -0.2) is 62.4 Å². The molecule has 4 heterocycles. The Labute approximate surface area is 198 Å². The van der Waals surface area contributed by atoms with Gasteiger partial charge in [-0.1, -0.05) is 11.3 Å². The number of anilines is 3. The molecule has 8 nitrogen and oxygen atoms in total. The van der Waals surface area contributed by atoms with Gasteiger partial charge < -0.3 is 20.5 Å². The van der Waals surface area contributed by atoms with Crippen molar-refractivity contribution in [3.05, 3.63) is 36.0 Å². The SMILES string of the molecule is C[C@@H]1CN(Cc2cc(Nc3nc4cccnc4s3)nc(N[C@H]3CC[C@H](O)CC3)c2)C[C@H](C)O1. The lowest BCUT2D eigenvalue weighted by Gasteiger charge is -2.35. The zero-order valence-corrected chi connectivity index (χ0v) is 20.0. The molecule has 9 heteroatoms. The third-order valence-electron chi connectivity index (χ3n) is 6.24. The van der Waals surface area contributed by atoms with Gasteiger partial charge in [-0.2, -0.15) is 0 Å². The third kappa shape index (κ3) is 5.78. The van der Waals surface area contributed by atoms with Gasteiger partial charge >= 0.3 is 0 Å². The molecule has 0 amide bonds. The van der Waals surface area contributed by atoms with Crippen LogP contribution in [0.5, 0.6) is 0 Å². The van der Waals surface area contributed by atoms with Crippen molar-refractivity contribution in [1.29, 1.82) is 0 Å². The summed E-state index contributed by atoms with van der Waals surface area (Å²) in [6.07, 6.45) is 5.67. The Hall–Kier alpha value is -2.33. The zero-order valence-electron chi connectivity index (χ0n) is 19.2. The molecule has 1 saturated carbocycles. The third-order valence-corrected chi connectivity index (χ3v) is 7.13. The van der Waals surface area contributed by atoms with Crippen molar-refractivity contribution < 1.29 is 9.84 Å². The van der Waals surface area contributed by atoms with Crippen molar-refractivity contribution in [3.8, 4) is 0 Å². The molecule has 3 N–H and O–H groups in total. The topological polar surface area (TPSA) is 95.4 Å². The van der Waals surface area contributed by atoms with Crippen molar-refractivity contribution in [1.82, 2.24) is 19.9 Å². The van der Waals surface area contributed by atoms with Gasteiger partial charge in [-0.3, -0.25) is 4.90 Å². The van der Waals surface area contributed by atoms with E-state index in [0.29, 0.717) is 6.04 Å². The summed E-state index contributed by atoms with van der Waals surface area (Å²) in [6, 6.07) is 8.47. The Bertz CT molecular complexity index is 1040. The molecular weight excluding hydrogens is 436 g/mol. The minimum Gasteiger partial charge on any atom is -0.393 e. The highest BCUT2D eigenvalue weighted by atomic mass is 32.1. The number of rotatable bonds is 6. The molecule has 0 unspecified atom stereocenters. The average Bonchev–Trinajstić information content (AvgIpc) is 3.17. The molecule has 0 aromatic carbocycles. The van der Waals surface area contributed by atoms with Crippen molar-refractivity contribution in [2.75, 3.05) is 23.7 Å². The number of nitrogens with one attached hydrogen (secondary N) is 2. The fourth-order valence-corrected chi connectivity index (χ4v) is 5.66. The predicted octanol–water partition coefficient (Wildman–Crippen LogP) is 4.15. The van der Waals surface area contributed by atoms with Gasteiger partial charge in [-0.15, -0.1) is 0 Å². The first-order valence-electron chi connectivity index (χ1n) is 11.8. The van der Waals surface area contributed by atoms with Crippen LogP contribution < -0.4 is 10.6 Å². The fourth-order valence-electron chi connectivity index (χ4n) is 4.85. The van der Waals surface area contributed by atoms with Crippen LogP contribution in [-0.2, 0) is 11.3 Å². The van der Waals surface area contributed by atoms with Crippen LogP contribution in [0.2, 0.25) is 0 Å². The number of morpholine rings is 1. The summed E-state index contributed by atoms with van der Waals surface area (Å²) in [5.41, 5.74) is 2.09. The number of nitrogens with zero attached hydrogens (tertiary/aromatic N) is 4. The van der Waals surface area contributed by atoms with E-state index in [1.807, 2.05) is 12.1 Å². The van der Waals surface area contributed by atoms with E-state index < -0.39 is 0 Å². The molecule has 3 aromatic rings. The second-order valence-corrected chi connectivity index (χ2v) is 10.3. The standard InChI is InChI=1S/C24H32N6O2S/c1-15-12-30(13-16(2)32-15)14-17-10-21(26-18-5-7-19(31)8-6-18)28-22(11-17)29-24-27-20-4-3-9-25-23(20)33-24/h3-4,9-11,15-16,18-19,31H,5-8,12-14H2,1-2H3,(H2,26,27,28,29)/t15-,16+,18-,19-. The van der Waals surface area contributed by atoms with E-state index in [2.05, 4.69) is 51.5 Å². The minimum atomic E-state index is -0.169. The number of fused-ring (bicyclic) bond motifs is 1. The highest BCUT2D eigenvalue weighted by Crippen LogP contribution is 2.28. The molecule has 2 fully saturated rings. The van der Waals surface area contributed by atoms with Crippen molar-refractivity contribution in [2.45, 2.75) is 70.4 Å². The van der Waals surface area contributed by atoms with Gasteiger partial charge in [0, 0.05) is 31.9 Å². The van der Waals surface area contributed by atoms with Crippen LogP contribution in [0.4, 0.5) is 16.8 Å². The Morgan fingerprint density at radius 1 is 1.09 bits per heavy atom. The number of hydrogen-bond donors (Lipinski definition) is 3. The monoisotopic (exact) mass is 468 g/mol. The summed E-state index contributed by atoms with van der Waals surface area (Å²) in [7, 11) is 0. The smallest absolute Gasteiger partial charge is 0.190 e. The molecule has 1 saturated heterocycles. The van der Waals surface area contributed by atoms with E-state index in [-0.39, 0.29) is 18.3 Å². The summed E-state index contributed by atoms with van der Waals surface area (Å²) in [5, 5.41) is 17.7. The van der Waals surface area contributed by atoms with E-state index in [1.165, 1.54) is 16.9 Å². The highest BCUT2D eigenvalue weighted by molar-refractivity contribution is 7.21. The molecule has 0 spiro atoms. The lowest BCUT2D eigenvalue weighted by molar-refractivity contribution is -0.0704. The summed E-state index contributed by atoms with van der Waals surface area (Å²) >= 11 is 1.53. The first-order valence-corrected chi connectivity index (χ1v) is 12.6. The molecule has 2 atom stereocenters. The number of hydrogen-bond acceptors (Lipinski definition) is 9. The zero-order chi connectivity index (χ0) is 22.8. The molecule has 0 radical (unpaired) electrons. The van der Waals surface area contributed by atoms with Gasteiger partial charge in [0.25, 0.3) is 0 Å². The summed E-state index contributed by atoms with van der Waals surface area (Å²) in [6.45, 7) is 6.95. The summed E-state index contributed by atoms with van der Waals surface area (Å²) < 4.78 is 5.91. The van der Waals surface area contributed by atoms with Gasteiger partial charge in [-0.05, 0) is 69.4 Å². The molecule has 0 bridgehead atoms. The fraction of sp³-hybridized carbons (Fsp3) is 0.542. The number of ether oxygens (including phenoxy) is 1. The van der Waals surface area contributed by atoms with Crippen molar-refractivity contribution >= 4 is 38.5 Å². The van der Waals surface area contributed by atoms with Gasteiger partial charge in [0.1, 0.15) is 22.0 Å². The maximum atomic E-state index is 9.85. The van der Waals surface area contributed by atoms with Crippen LogP contribution in [0, 0.1) is 0 Å². The van der Waals surface area contributed by atoms with Crippen LogP contribution in [0.15, 0.2) is 30.5 Å². The van der Waals surface area contributed by atoms with Crippen LogP contribution >= 0.6 is 11.3 Å². The Balaban J connectivity index is 1.38. The lowest BCUT2D eigenvalue weighted by Crippen LogP contribution is -2.44. The number of aliphatic hydroxyl groups is 1. The van der Waals surface area contributed by atoms with E-state index in [0.717, 1.165) is 72.4 Å². The normalized spacial score (nSPS) is 26.4. The van der Waals surface area contributed by atoms with Crippen LogP contribution in [0.1, 0.15) is 45.1 Å². The van der Waals surface area contributed by atoms with Gasteiger partial charge in [-0.25, -0.2) is 15.0 Å². The van der Waals surface area contributed by atoms with Crippen LogP contribution in [0.3, 0.4) is 0 Å². The van der Waals surface area contributed by atoms with E-state index >= 15 is 0 Å². The largest absolute Gasteiger partial charge is 0.393 e. The van der Waals surface area contributed by atoms with E-state index in [9.17, 15) is 5.11 Å². The molecule has 33 heavy (non-hydrogen) atoms. The van der Waals surface area contributed by atoms with Gasteiger partial charge in [0.15, 0.2) is 5.13 Å². The number of aliphatic hydroxyl groups excluding tert-OH is 1. The maximum Gasteiger partial charge on any atom is 0.190 e. The minimum absolute atomic E-state index is 0.169. The molecule has 3 aromatic heterocycles. The molecule has 2 aliphatic rings.